The van der Waals surface area contributed by atoms with Crippen LogP contribution in [-0.4, -0.2) is 29.8 Å². The summed E-state index contributed by atoms with van der Waals surface area (Å²) in [5.74, 6) is -1.08. The zero-order valence-electron chi connectivity index (χ0n) is 17.1. The van der Waals surface area contributed by atoms with Gasteiger partial charge in [0, 0.05) is 5.92 Å². The topological polar surface area (TPSA) is 112 Å². The largest absolute Gasteiger partial charge is 0.505 e. The number of benzene rings is 2. The van der Waals surface area contributed by atoms with Gasteiger partial charge in [0.25, 0.3) is 0 Å². The summed E-state index contributed by atoms with van der Waals surface area (Å²) in [5, 5.41) is 0. The Bertz CT molecular complexity index is 989. The number of hydrogen-bond donors (Lipinski definition) is 2. The molecule has 1 aliphatic carbocycles. The van der Waals surface area contributed by atoms with Crippen LogP contribution in [0.15, 0.2) is 36.4 Å². The van der Waals surface area contributed by atoms with Crippen LogP contribution in [0.5, 0.6) is 17.2 Å². The van der Waals surface area contributed by atoms with Crippen LogP contribution in [0.1, 0.15) is 47.5 Å². The van der Waals surface area contributed by atoms with E-state index in [1.54, 1.807) is 24.3 Å². The number of carbonyl (C=O) groups is 1. The van der Waals surface area contributed by atoms with E-state index < -0.39 is 25.3 Å². The highest BCUT2D eigenvalue weighted by atomic mass is 31.2. The Kier molecular flexibility index (Phi) is 7.33. The maximum absolute atomic E-state index is 14.1. The van der Waals surface area contributed by atoms with Crippen molar-refractivity contribution in [2.75, 3.05) is 14.2 Å². The predicted molar refractivity (Wildman–Crippen MR) is 109 cm³/mol. The summed E-state index contributed by atoms with van der Waals surface area (Å²) >= 11 is 0. The number of ether oxygens (including phenoxy) is 2. The molecule has 0 radical (unpaired) electrons. The summed E-state index contributed by atoms with van der Waals surface area (Å²) in [5.41, 5.74) is 1.02. The summed E-state index contributed by atoms with van der Waals surface area (Å²) in [6.07, 6.45) is 3.07. The maximum Gasteiger partial charge on any atom is 0.505 e. The van der Waals surface area contributed by atoms with Gasteiger partial charge in [-0.15, -0.1) is 0 Å². The predicted octanol–water partition coefficient (Wildman–Crippen LogP) is 4.40. The van der Waals surface area contributed by atoms with Gasteiger partial charge in [0.15, 0.2) is 11.6 Å². The first kappa shape index (κ1) is 23.2. The lowest BCUT2D eigenvalue weighted by atomic mass is 9.72. The normalized spacial score (nSPS) is 19.0. The summed E-state index contributed by atoms with van der Waals surface area (Å²) < 4.78 is 39.5. The molecule has 1 fully saturated rings. The first-order valence-corrected chi connectivity index (χ1v) is 11.2. The van der Waals surface area contributed by atoms with Gasteiger partial charge in [-0.1, -0.05) is 23.6 Å². The third-order valence-corrected chi connectivity index (χ3v) is 5.65. The molecular formula is C21H24FO8P. The standard InChI is InChI=1S/C21H24FO8P/c1-27-14-8-10-19(28-2)17(12-14)21(23)16-6-4-3-5-15(16)13-7-9-18(22)20(11-13)29-30-31(24,25)26/h7-12,15-16H,3-6H2,1-2H3,(H2,24,25,26). The van der Waals surface area contributed by atoms with E-state index in [1.807, 2.05) is 0 Å². The van der Waals surface area contributed by atoms with Gasteiger partial charge in [-0.05, 0) is 54.7 Å². The molecule has 0 heterocycles. The van der Waals surface area contributed by atoms with Crippen LogP contribution in [0, 0.1) is 11.7 Å². The lowest BCUT2D eigenvalue weighted by Gasteiger charge is -2.31. The fourth-order valence-corrected chi connectivity index (χ4v) is 4.13. The molecule has 0 bridgehead atoms. The maximum atomic E-state index is 14.1. The van der Waals surface area contributed by atoms with Gasteiger partial charge >= 0.3 is 7.82 Å². The number of rotatable bonds is 8. The monoisotopic (exact) mass is 454 g/mol. The summed E-state index contributed by atoms with van der Waals surface area (Å²) in [6.45, 7) is 0. The van der Waals surface area contributed by atoms with E-state index in [0.29, 0.717) is 35.5 Å². The minimum atomic E-state index is -4.95. The highest BCUT2D eigenvalue weighted by molar-refractivity contribution is 7.46. The van der Waals surface area contributed by atoms with Crippen molar-refractivity contribution in [1.82, 2.24) is 0 Å². The lowest BCUT2D eigenvalue weighted by molar-refractivity contribution is -0.125. The van der Waals surface area contributed by atoms with E-state index in [1.165, 1.54) is 20.3 Å². The van der Waals surface area contributed by atoms with Gasteiger partial charge in [0.2, 0.25) is 5.75 Å². The van der Waals surface area contributed by atoms with E-state index in [-0.39, 0.29) is 11.7 Å². The molecule has 2 atom stereocenters. The summed E-state index contributed by atoms with van der Waals surface area (Å²) in [6, 6.07) is 8.99. The van der Waals surface area contributed by atoms with Gasteiger partial charge in [-0.2, -0.15) is 0 Å². The van der Waals surface area contributed by atoms with Crippen molar-refractivity contribution >= 4 is 13.6 Å². The number of phosphoric acid groups is 1. The van der Waals surface area contributed by atoms with Crippen LogP contribution in [0.25, 0.3) is 0 Å². The van der Waals surface area contributed by atoms with Gasteiger partial charge in [-0.25, -0.2) is 8.96 Å². The van der Waals surface area contributed by atoms with Crippen molar-refractivity contribution in [3.8, 4) is 17.2 Å². The van der Waals surface area contributed by atoms with Crippen LogP contribution in [0.3, 0.4) is 0 Å². The van der Waals surface area contributed by atoms with Crippen LogP contribution in [-0.2, 0) is 9.24 Å². The Balaban J connectivity index is 1.93. The van der Waals surface area contributed by atoms with Crippen molar-refractivity contribution in [2.24, 2.45) is 5.92 Å². The molecule has 0 aromatic heterocycles. The van der Waals surface area contributed by atoms with Crippen molar-refractivity contribution in [3.05, 3.63) is 53.3 Å². The molecule has 0 spiro atoms. The Morgan fingerprint density at radius 1 is 1.03 bits per heavy atom. The van der Waals surface area contributed by atoms with Gasteiger partial charge in [0.05, 0.1) is 19.8 Å². The number of carbonyl (C=O) groups excluding carboxylic acids is 1. The number of Topliss-reactive ketones (excluding diaryl/α,β-unsaturated/α-hetero) is 1. The number of methoxy groups -OCH3 is 2. The van der Waals surface area contributed by atoms with Gasteiger partial charge in [-0.3, -0.25) is 4.79 Å². The molecule has 10 heteroatoms. The molecule has 3 rings (SSSR count). The van der Waals surface area contributed by atoms with Crippen LogP contribution < -0.4 is 14.4 Å². The fraction of sp³-hybridized carbons (Fsp3) is 0.381. The molecule has 2 N–H and O–H groups in total. The second-order valence-corrected chi connectivity index (χ2v) is 8.40. The van der Waals surface area contributed by atoms with Gasteiger partial charge in [0.1, 0.15) is 11.5 Å². The van der Waals surface area contributed by atoms with Gasteiger partial charge < -0.3 is 24.1 Å². The molecule has 168 valence electrons. The van der Waals surface area contributed by atoms with E-state index in [2.05, 4.69) is 9.56 Å². The molecule has 2 aromatic carbocycles. The Morgan fingerprint density at radius 3 is 2.45 bits per heavy atom. The second-order valence-electron chi connectivity index (χ2n) is 7.27. The average molecular weight is 454 g/mol. The van der Waals surface area contributed by atoms with E-state index in [0.717, 1.165) is 18.9 Å². The highest BCUT2D eigenvalue weighted by Gasteiger charge is 2.34. The first-order valence-electron chi connectivity index (χ1n) is 9.71. The number of hydrogen-bond acceptors (Lipinski definition) is 6. The molecule has 1 aliphatic rings. The SMILES string of the molecule is COc1ccc(OC)c(C(=O)C2CCCCC2c2ccc(F)c(OOP(=O)(O)O)c2)c1. The Hall–Kier alpha value is -2.45. The van der Waals surface area contributed by atoms with Crippen molar-refractivity contribution in [2.45, 2.75) is 31.6 Å². The highest BCUT2D eigenvalue weighted by Crippen LogP contribution is 2.43. The molecule has 2 aromatic rings. The number of ketones is 1. The van der Waals surface area contributed by atoms with Crippen molar-refractivity contribution < 1.29 is 42.6 Å². The number of halogens is 1. The summed E-state index contributed by atoms with van der Waals surface area (Å²) in [7, 11) is -1.95. The zero-order chi connectivity index (χ0) is 22.6. The quantitative estimate of drug-likeness (QED) is 0.261. The van der Waals surface area contributed by atoms with Crippen molar-refractivity contribution in [3.63, 3.8) is 0 Å². The van der Waals surface area contributed by atoms with E-state index in [4.69, 9.17) is 19.3 Å². The van der Waals surface area contributed by atoms with E-state index >= 15 is 0 Å². The molecule has 31 heavy (non-hydrogen) atoms. The zero-order valence-corrected chi connectivity index (χ0v) is 18.0. The summed E-state index contributed by atoms with van der Waals surface area (Å²) in [4.78, 5) is 35.6. The minimum absolute atomic E-state index is 0.112. The Labute approximate surface area is 179 Å². The Morgan fingerprint density at radius 2 is 1.77 bits per heavy atom. The van der Waals surface area contributed by atoms with E-state index in [9.17, 15) is 13.8 Å². The van der Waals surface area contributed by atoms with Crippen LogP contribution in [0.2, 0.25) is 0 Å². The third-order valence-electron chi connectivity index (χ3n) is 5.38. The van der Waals surface area contributed by atoms with Crippen LogP contribution in [0.4, 0.5) is 4.39 Å². The lowest BCUT2D eigenvalue weighted by Crippen LogP contribution is -2.26. The molecule has 0 amide bonds. The molecule has 1 saturated carbocycles. The first-order chi connectivity index (χ1) is 14.7. The molecule has 0 aliphatic heterocycles. The second kappa shape index (κ2) is 9.78. The average Bonchev–Trinajstić information content (AvgIpc) is 2.77. The molecular weight excluding hydrogens is 430 g/mol. The minimum Gasteiger partial charge on any atom is -0.497 e. The molecule has 8 nitrogen and oxygen atoms in total. The molecule has 0 saturated heterocycles. The smallest absolute Gasteiger partial charge is 0.497 e. The molecule has 2 unspecified atom stereocenters. The van der Waals surface area contributed by atoms with Crippen molar-refractivity contribution in [1.29, 1.82) is 0 Å². The van der Waals surface area contributed by atoms with Crippen LogP contribution >= 0.6 is 7.82 Å². The third kappa shape index (κ3) is 5.62. The fourth-order valence-electron chi connectivity index (χ4n) is 3.95.